The molecule has 23 heavy (non-hydrogen) atoms. The molecule has 0 aliphatic heterocycles. The van der Waals surface area contributed by atoms with Crippen molar-refractivity contribution in [2.75, 3.05) is 19.8 Å². The standard InChI is InChI=1S/C16H22N2O3S2/c1-5-12(16(19)21-8-7-20-6-2)23-15-13-10(3)11(4)22-14(13)17-9-18-15/h9,12H,5-8H2,1-4H3. The first kappa shape index (κ1) is 18.2. The molecular formula is C16H22N2O3S2. The Hall–Kier alpha value is -1.18. The van der Waals surface area contributed by atoms with Gasteiger partial charge in [0.1, 0.15) is 28.0 Å². The highest BCUT2D eigenvalue weighted by molar-refractivity contribution is 8.00. The smallest absolute Gasteiger partial charge is 0.319 e. The van der Waals surface area contributed by atoms with Crippen molar-refractivity contribution in [3.8, 4) is 0 Å². The molecule has 0 radical (unpaired) electrons. The third-order valence-electron chi connectivity index (χ3n) is 3.49. The van der Waals surface area contributed by atoms with Crippen LogP contribution in [0, 0.1) is 13.8 Å². The molecule has 2 rings (SSSR count). The first-order valence-corrected chi connectivity index (χ1v) is 9.39. The quantitative estimate of drug-likeness (QED) is 0.311. The van der Waals surface area contributed by atoms with E-state index >= 15 is 0 Å². The molecule has 126 valence electrons. The molecule has 0 N–H and O–H groups in total. The van der Waals surface area contributed by atoms with E-state index in [1.54, 1.807) is 17.7 Å². The average Bonchev–Trinajstić information content (AvgIpc) is 2.84. The van der Waals surface area contributed by atoms with Crippen molar-refractivity contribution in [1.82, 2.24) is 9.97 Å². The van der Waals surface area contributed by atoms with Gasteiger partial charge in [-0.15, -0.1) is 11.3 Å². The maximum atomic E-state index is 12.2. The van der Waals surface area contributed by atoms with E-state index in [-0.39, 0.29) is 11.2 Å². The van der Waals surface area contributed by atoms with E-state index in [0.717, 1.165) is 15.2 Å². The van der Waals surface area contributed by atoms with Gasteiger partial charge in [-0.2, -0.15) is 0 Å². The first-order chi connectivity index (χ1) is 11.1. The SMILES string of the molecule is CCOCCOC(=O)C(CC)Sc1ncnc2sc(C)c(C)c12. The first-order valence-electron chi connectivity index (χ1n) is 7.70. The molecule has 1 atom stereocenters. The lowest BCUT2D eigenvalue weighted by Gasteiger charge is -2.14. The summed E-state index contributed by atoms with van der Waals surface area (Å²) in [4.78, 5) is 23.1. The van der Waals surface area contributed by atoms with Crippen LogP contribution in [-0.4, -0.2) is 41.0 Å². The fraction of sp³-hybridized carbons (Fsp3) is 0.562. The summed E-state index contributed by atoms with van der Waals surface area (Å²) in [6, 6.07) is 0. The van der Waals surface area contributed by atoms with Crippen LogP contribution in [0.4, 0.5) is 0 Å². The molecular weight excluding hydrogens is 332 g/mol. The summed E-state index contributed by atoms with van der Waals surface area (Å²) in [7, 11) is 0. The van der Waals surface area contributed by atoms with Crippen LogP contribution in [0.5, 0.6) is 0 Å². The molecule has 5 nitrogen and oxygen atoms in total. The Morgan fingerprint density at radius 1 is 1.30 bits per heavy atom. The van der Waals surface area contributed by atoms with E-state index in [1.165, 1.54) is 22.2 Å². The van der Waals surface area contributed by atoms with Crippen molar-refractivity contribution in [2.45, 2.75) is 44.4 Å². The molecule has 1 unspecified atom stereocenters. The number of hydrogen-bond donors (Lipinski definition) is 0. The summed E-state index contributed by atoms with van der Waals surface area (Å²) in [5.41, 5.74) is 1.19. The Labute approximate surface area is 144 Å². The maximum absolute atomic E-state index is 12.2. The van der Waals surface area contributed by atoms with E-state index < -0.39 is 0 Å². The van der Waals surface area contributed by atoms with Crippen molar-refractivity contribution in [2.24, 2.45) is 0 Å². The normalized spacial score (nSPS) is 12.5. The minimum Gasteiger partial charge on any atom is -0.462 e. The second kappa shape index (κ2) is 8.61. The van der Waals surface area contributed by atoms with Crippen LogP contribution in [0.3, 0.4) is 0 Å². The van der Waals surface area contributed by atoms with E-state index in [2.05, 4.69) is 23.8 Å². The number of carbonyl (C=O) groups excluding carboxylic acids is 1. The van der Waals surface area contributed by atoms with Gasteiger partial charge in [0.25, 0.3) is 0 Å². The summed E-state index contributed by atoms with van der Waals surface area (Å²) in [6.07, 6.45) is 2.25. The van der Waals surface area contributed by atoms with Crippen LogP contribution >= 0.6 is 23.1 Å². The van der Waals surface area contributed by atoms with Gasteiger partial charge in [0, 0.05) is 16.9 Å². The molecule has 7 heteroatoms. The minimum absolute atomic E-state index is 0.214. The highest BCUT2D eigenvalue weighted by Crippen LogP contribution is 2.36. The van der Waals surface area contributed by atoms with Crippen molar-refractivity contribution < 1.29 is 14.3 Å². The van der Waals surface area contributed by atoms with Gasteiger partial charge in [0.05, 0.1) is 6.61 Å². The zero-order valence-corrected chi connectivity index (χ0v) is 15.6. The Bertz CT molecular complexity index is 673. The highest BCUT2D eigenvalue weighted by atomic mass is 32.2. The summed E-state index contributed by atoms with van der Waals surface area (Å²) in [5, 5.41) is 1.64. The van der Waals surface area contributed by atoms with Gasteiger partial charge in [-0.05, 0) is 32.8 Å². The number of thioether (sulfide) groups is 1. The molecule has 2 aromatic rings. The number of carbonyl (C=O) groups is 1. The van der Waals surface area contributed by atoms with Gasteiger partial charge in [-0.3, -0.25) is 4.79 Å². The monoisotopic (exact) mass is 354 g/mol. The van der Waals surface area contributed by atoms with Crippen LogP contribution in [0.25, 0.3) is 10.2 Å². The van der Waals surface area contributed by atoms with Crippen molar-refractivity contribution in [3.05, 3.63) is 16.8 Å². The number of hydrogen-bond acceptors (Lipinski definition) is 7. The number of rotatable bonds is 8. The largest absolute Gasteiger partial charge is 0.462 e. The molecule has 0 aromatic carbocycles. The lowest BCUT2D eigenvalue weighted by Crippen LogP contribution is -2.21. The van der Waals surface area contributed by atoms with Gasteiger partial charge in [-0.1, -0.05) is 18.7 Å². The van der Waals surface area contributed by atoms with E-state index in [4.69, 9.17) is 9.47 Å². The number of fused-ring (bicyclic) bond motifs is 1. The predicted molar refractivity (Wildman–Crippen MR) is 94.3 cm³/mol. The van der Waals surface area contributed by atoms with Crippen LogP contribution < -0.4 is 0 Å². The summed E-state index contributed by atoms with van der Waals surface area (Å²) in [6.45, 7) is 9.39. The molecule has 0 amide bonds. The molecule has 0 aliphatic carbocycles. The number of ether oxygens (including phenoxy) is 2. The minimum atomic E-state index is -0.269. The third-order valence-corrected chi connectivity index (χ3v) is 5.95. The topological polar surface area (TPSA) is 61.3 Å². The van der Waals surface area contributed by atoms with Gasteiger partial charge >= 0.3 is 5.97 Å². The Morgan fingerprint density at radius 2 is 2.09 bits per heavy atom. The Balaban J connectivity index is 2.11. The van der Waals surface area contributed by atoms with E-state index in [0.29, 0.717) is 26.2 Å². The van der Waals surface area contributed by atoms with Crippen molar-refractivity contribution in [3.63, 3.8) is 0 Å². The number of aromatic nitrogens is 2. The Morgan fingerprint density at radius 3 is 2.78 bits per heavy atom. The number of aryl methyl sites for hydroxylation is 2. The fourth-order valence-corrected chi connectivity index (χ4v) is 4.25. The van der Waals surface area contributed by atoms with Crippen LogP contribution in [-0.2, 0) is 14.3 Å². The maximum Gasteiger partial charge on any atom is 0.319 e. The van der Waals surface area contributed by atoms with Crippen molar-refractivity contribution in [1.29, 1.82) is 0 Å². The number of thiophene rings is 1. The molecule has 0 fully saturated rings. The van der Waals surface area contributed by atoms with E-state index in [1.807, 2.05) is 13.8 Å². The number of esters is 1. The second-order valence-electron chi connectivity index (χ2n) is 5.02. The second-order valence-corrected chi connectivity index (χ2v) is 7.42. The molecule has 2 aromatic heterocycles. The van der Waals surface area contributed by atoms with Crippen molar-refractivity contribution >= 4 is 39.3 Å². The predicted octanol–water partition coefficient (Wildman–Crippen LogP) is 3.76. The van der Waals surface area contributed by atoms with Crippen LogP contribution in [0.1, 0.15) is 30.7 Å². The molecule has 0 saturated carbocycles. The lowest BCUT2D eigenvalue weighted by molar-refractivity contribution is -0.144. The summed E-state index contributed by atoms with van der Waals surface area (Å²) in [5.74, 6) is -0.214. The van der Waals surface area contributed by atoms with Gasteiger partial charge in [0.2, 0.25) is 0 Å². The number of nitrogens with zero attached hydrogens (tertiary/aromatic N) is 2. The average molecular weight is 354 g/mol. The molecule has 0 spiro atoms. The third kappa shape index (κ3) is 4.43. The van der Waals surface area contributed by atoms with Gasteiger partial charge in [-0.25, -0.2) is 9.97 Å². The molecule has 0 aliphatic rings. The fourth-order valence-electron chi connectivity index (χ4n) is 2.11. The molecule has 2 heterocycles. The summed E-state index contributed by atoms with van der Waals surface area (Å²) < 4.78 is 10.5. The lowest BCUT2D eigenvalue weighted by atomic mass is 10.2. The van der Waals surface area contributed by atoms with Gasteiger partial charge in [0.15, 0.2) is 0 Å². The zero-order chi connectivity index (χ0) is 16.8. The highest BCUT2D eigenvalue weighted by Gasteiger charge is 2.22. The molecule has 0 bridgehead atoms. The molecule has 0 saturated heterocycles. The zero-order valence-electron chi connectivity index (χ0n) is 13.9. The summed E-state index contributed by atoms with van der Waals surface area (Å²) >= 11 is 3.12. The Kier molecular flexibility index (Phi) is 6.80. The van der Waals surface area contributed by atoms with Crippen LogP contribution in [0.15, 0.2) is 11.4 Å². The van der Waals surface area contributed by atoms with E-state index in [9.17, 15) is 4.79 Å². The van der Waals surface area contributed by atoms with Gasteiger partial charge < -0.3 is 9.47 Å². The van der Waals surface area contributed by atoms with Crippen LogP contribution in [0.2, 0.25) is 0 Å².